The van der Waals surface area contributed by atoms with Gasteiger partial charge in [0.25, 0.3) is 0 Å². The molecule has 0 amide bonds. The number of benzene rings is 1. The van der Waals surface area contributed by atoms with Crippen LogP contribution in [-0.4, -0.2) is 25.3 Å². The van der Waals surface area contributed by atoms with Crippen LogP contribution >= 0.6 is 31.9 Å². The first kappa shape index (κ1) is 16.0. The Kier molecular flexibility index (Phi) is 4.79. The molecule has 116 valence electrons. The van der Waals surface area contributed by atoms with Crippen LogP contribution in [0.3, 0.4) is 0 Å². The van der Waals surface area contributed by atoms with Crippen molar-refractivity contribution in [1.82, 2.24) is 4.31 Å². The number of nitrogens with zero attached hydrogens (tertiary/aromatic N) is 1. The van der Waals surface area contributed by atoms with Crippen LogP contribution in [0.1, 0.15) is 38.5 Å². The summed E-state index contributed by atoms with van der Waals surface area (Å²) in [6.45, 7) is 0.655. The molecule has 21 heavy (non-hydrogen) atoms. The molecule has 2 fully saturated rings. The summed E-state index contributed by atoms with van der Waals surface area (Å²) in [5.41, 5.74) is 0. The molecule has 2 aliphatic rings. The first-order valence-corrected chi connectivity index (χ1v) is 10.5. The highest BCUT2D eigenvalue weighted by atomic mass is 79.9. The molecular weight excluding hydrogens is 418 g/mol. The zero-order valence-corrected chi connectivity index (χ0v) is 15.8. The average Bonchev–Trinajstić information content (AvgIpc) is 3.10. The summed E-state index contributed by atoms with van der Waals surface area (Å²) in [6.07, 6.45) is 6.83. The molecule has 1 aliphatic heterocycles. The van der Waals surface area contributed by atoms with Crippen molar-refractivity contribution >= 4 is 41.9 Å². The van der Waals surface area contributed by atoms with Gasteiger partial charge in [-0.05, 0) is 65.7 Å². The quantitative estimate of drug-likeness (QED) is 0.696. The Balaban J connectivity index is 1.95. The third-order valence-corrected chi connectivity index (χ3v) is 8.08. The maximum absolute atomic E-state index is 13.0. The second-order valence-corrected chi connectivity index (χ2v) is 9.57. The van der Waals surface area contributed by atoms with Gasteiger partial charge in [-0.1, -0.05) is 28.8 Å². The Morgan fingerprint density at radius 3 is 2.48 bits per heavy atom. The SMILES string of the molecule is O=S(=O)(c1cc(Br)ccc1Br)N1CCCC1C1CCCC1. The molecule has 0 spiro atoms. The molecule has 6 heteroatoms. The molecule has 0 N–H and O–H groups in total. The van der Waals surface area contributed by atoms with Gasteiger partial charge in [0, 0.05) is 21.5 Å². The number of rotatable bonds is 3. The lowest BCUT2D eigenvalue weighted by Crippen LogP contribution is -2.39. The first-order chi connectivity index (χ1) is 10.00. The van der Waals surface area contributed by atoms with Gasteiger partial charge in [0.2, 0.25) is 10.0 Å². The third kappa shape index (κ3) is 3.09. The minimum atomic E-state index is -3.42. The monoisotopic (exact) mass is 435 g/mol. The topological polar surface area (TPSA) is 37.4 Å². The van der Waals surface area contributed by atoms with E-state index in [0.29, 0.717) is 21.8 Å². The van der Waals surface area contributed by atoms with Gasteiger partial charge in [-0.2, -0.15) is 4.31 Å². The molecular formula is C15H19Br2NO2S. The van der Waals surface area contributed by atoms with Crippen LogP contribution in [0.4, 0.5) is 0 Å². The Morgan fingerprint density at radius 2 is 1.76 bits per heavy atom. The maximum Gasteiger partial charge on any atom is 0.244 e. The molecule has 0 aromatic heterocycles. The van der Waals surface area contributed by atoms with Crippen molar-refractivity contribution < 1.29 is 8.42 Å². The van der Waals surface area contributed by atoms with E-state index in [1.165, 1.54) is 25.7 Å². The fourth-order valence-corrected chi connectivity index (χ4v) is 6.90. The summed E-state index contributed by atoms with van der Waals surface area (Å²) in [5.74, 6) is 0.549. The zero-order valence-electron chi connectivity index (χ0n) is 11.8. The van der Waals surface area contributed by atoms with Crippen LogP contribution in [-0.2, 0) is 10.0 Å². The lowest BCUT2D eigenvalue weighted by atomic mass is 9.97. The Labute approximate surface area is 143 Å². The summed E-state index contributed by atoms with van der Waals surface area (Å²) < 4.78 is 29.3. The van der Waals surface area contributed by atoms with Crippen molar-refractivity contribution in [3.63, 3.8) is 0 Å². The van der Waals surface area contributed by atoms with Crippen LogP contribution < -0.4 is 0 Å². The standard InChI is InChI=1S/C15H19Br2NO2S/c16-12-7-8-13(17)15(10-12)21(19,20)18-9-3-6-14(18)11-4-1-2-5-11/h7-8,10-11,14H,1-6,9H2. The molecule has 1 aromatic carbocycles. The largest absolute Gasteiger partial charge is 0.244 e. The second-order valence-electron chi connectivity index (χ2n) is 5.94. The summed E-state index contributed by atoms with van der Waals surface area (Å²) in [5, 5.41) is 0. The van der Waals surface area contributed by atoms with E-state index in [2.05, 4.69) is 31.9 Å². The Bertz CT molecular complexity index is 627. The summed E-state index contributed by atoms with van der Waals surface area (Å²) in [6, 6.07) is 5.53. The maximum atomic E-state index is 13.0. The molecule has 1 aromatic rings. The third-order valence-electron chi connectivity index (χ3n) is 4.67. The van der Waals surface area contributed by atoms with Crippen molar-refractivity contribution in [3.8, 4) is 0 Å². The highest BCUT2D eigenvalue weighted by molar-refractivity contribution is 9.11. The predicted molar refractivity (Wildman–Crippen MR) is 90.7 cm³/mol. The first-order valence-electron chi connectivity index (χ1n) is 7.47. The van der Waals surface area contributed by atoms with Crippen molar-refractivity contribution in [1.29, 1.82) is 0 Å². The van der Waals surface area contributed by atoms with Crippen LogP contribution in [0.15, 0.2) is 32.0 Å². The van der Waals surface area contributed by atoms with Gasteiger partial charge in [0.15, 0.2) is 0 Å². The number of hydrogen-bond donors (Lipinski definition) is 0. The Hall–Kier alpha value is 0.0900. The van der Waals surface area contributed by atoms with Gasteiger partial charge in [-0.25, -0.2) is 8.42 Å². The molecule has 3 rings (SSSR count). The minimum Gasteiger partial charge on any atom is -0.207 e. The fourth-order valence-electron chi connectivity index (χ4n) is 3.68. The fraction of sp³-hybridized carbons (Fsp3) is 0.600. The van der Waals surface area contributed by atoms with E-state index in [1.807, 2.05) is 6.07 Å². The molecule has 1 saturated carbocycles. The van der Waals surface area contributed by atoms with E-state index in [4.69, 9.17) is 0 Å². The summed E-state index contributed by atoms with van der Waals surface area (Å²) >= 11 is 6.77. The minimum absolute atomic E-state index is 0.198. The number of hydrogen-bond acceptors (Lipinski definition) is 2. The van der Waals surface area contributed by atoms with Crippen molar-refractivity contribution in [2.45, 2.75) is 49.5 Å². The number of halogens is 2. The van der Waals surface area contributed by atoms with Crippen LogP contribution in [0.5, 0.6) is 0 Å². The highest BCUT2D eigenvalue weighted by Crippen LogP contribution is 2.39. The van der Waals surface area contributed by atoms with Gasteiger partial charge < -0.3 is 0 Å². The lowest BCUT2D eigenvalue weighted by molar-refractivity contribution is 0.288. The van der Waals surface area contributed by atoms with E-state index in [9.17, 15) is 8.42 Å². The molecule has 1 aliphatic carbocycles. The highest BCUT2D eigenvalue weighted by Gasteiger charge is 2.40. The van der Waals surface area contributed by atoms with Crippen LogP contribution in [0.2, 0.25) is 0 Å². The second kappa shape index (κ2) is 6.30. The summed E-state index contributed by atoms with van der Waals surface area (Å²) in [4.78, 5) is 0.377. The molecule has 3 nitrogen and oxygen atoms in total. The normalized spacial score (nSPS) is 24.8. The molecule has 1 heterocycles. The van der Waals surface area contributed by atoms with Gasteiger partial charge in [-0.3, -0.25) is 0 Å². The molecule has 1 saturated heterocycles. The van der Waals surface area contributed by atoms with Gasteiger partial charge in [0.1, 0.15) is 0 Å². The van der Waals surface area contributed by atoms with Crippen molar-refractivity contribution in [2.75, 3.05) is 6.54 Å². The van der Waals surface area contributed by atoms with Crippen LogP contribution in [0, 0.1) is 5.92 Å². The van der Waals surface area contributed by atoms with E-state index in [0.717, 1.165) is 17.3 Å². The van der Waals surface area contributed by atoms with E-state index < -0.39 is 10.0 Å². The van der Waals surface area contributed by atoms with Gasteiger partial charge in [0.05, 0.1) is 4.90 Å². The van der Waals surface area contributed by atoms with Crippen molar-refractivity contribution in [2.24, 2.45) is 5.92 Å². The van der Waals surface area contributed by atoms with Crippen LogP contribution in [0.25, 0.3) is 0 Å². The van der Waals surface area contributed by atoms with E-state index >= 15 is 0 Å². The molecule has 1 unspecified atom stereocenters. The van der Waals surface area contributed by atoms with E-state index in [-0.39, 0.29) is 6.04 Å². The van der Waals surface area contributed by atoms with E-state index in [1.54, 1.807) is 16.4 Å². The zero-order chi connectivity index (χ0) is 15.0. The smallest absolute Gasteiger partial charge is 0.207 e. The number of sulfonamides is 1. The lowest BCUT2D eigenvalue weighted by Gasteiger charge is -2.29. The average molecular weight is 437 g/mol. The molecule has 0 radical (unpaired) electrons. The van der Waals surface area contributed by atoms with Gasteiger partial charge >= 0.3 is 0 Å². The van der Waals surface area contributed by atoms with Crippen molar-refractivity contribution in [3.05, 3.63) is 27.1 Å². The predicted octanol–water partition coefficient (Wildman–Crippen LogP) is 4.55. The molecule has 1 atom stereocenters. The summed E-state index contributed by atoms with van der Waals surface area (Å²) in [7, 11) is -3.42. The Morgan fingerprint density at radius 1 is 1.05 bits per heavy atom. The molecule has 0 bridgehead atoms. The van der Waals surface area contributed by atoms with Gasteiger partial charge in [-0.15, -0.1) is 0 Å².